The molecule has 19 heavy (non-hydrogen) atoms. The summed E-state index contributed by atoms with van der Waals surface area (Å²) in [6.45, 7) is 0. The Balaban J connectivity index is 2.10. The second-order valence-corrected chi connectivity index (χ2v) is 5.61. The van der Waals surface area contributed by atoms with Crippen LogP contribution in [0, 0.1) is 5.82 Å². The highest BCUT2D eigenvalue weighted by atomic mass is 32.2. The van der Waals surface area contributed by atoms with E-state index >= 15 is 0 Å². The first-order valence-electron chi connectivity index (χ1n) is 5.23. The van der Waals surface area contributed by atoms with Gasteiger partial charge in [0.1, 0.15) is 11.3 Å². The minimum Gasteiger partial charge on any atom is -0.478 e. The third-order valence-electron chi connectivity index (χ3n) is 2.10. The summed E-state index contributed by atoms with van der Waals surface area (Å²) in [5, 5.41) is 16.1. The van der Waals surface area contributed by atoms with Crippen molar-refractivity contribution in [2.24, 2.45) is 0 Å². The van der Waals surface area contributed by atoms with Crippen molar-refractivity contribution in [2.75, 3.05) is 0 Å². The lowest BCUT2D eigenvalue weighted by Gasteiger charge is -2.02. The number of aromatic nitrogens is 2. The minimum atomic E-state index is -1.06. The zero-order valence-corrected chi connectivity index (χ0v) is 11.2. The smallest absolute Gasteiger partial charge is 0.328 e. The molecule has 1 heterocycles. The molecule has 7 heteroatoms. The van der Waals surface area contributed by atoms with E-state index in [1.807, 2.05) is 0 Å². The van der Waals surface area contributed by atoms with Gasteiger partial charge in [0.15, 0.2) is 4.34 Å². The maximum Gasteiger partial charge on any atom is 0.328 e. The number of rotatable bonds is 5. The van der Waals surface area contributed by atoms with Gasteiger partial charge in [-0.15, -0.1) is 10.2 Å². The zero-order valence-electron chi connectivity index (χ0n) is 9.62. The molecule has 4 nitrogen and oxygen atoms in total. The number of thioether (sulfide) groups is 1. The molecule has 0 saturated carbocycles. The number of carbonyl (C=O) groups is 1. The van der Waals surface area contributed by atoms with Crippen LogP contribution in [0.5, 0.6) is 0 Å². The van der Waals surface area contributed by atoms with E-state index in [4.69, 9.17) is 5.11 Å². The SMILES string of the molecule is O=C(O)C=Cc1cc(F)cc(CSc2nncs2)c1. The van der Waals surface area contributed by atoms with Crippen molar-refractivity contribution < 1.29 is 14.3 Å². The molecule has 0 atom stereocenters. The number of benzene rings is 1. The van der Waals surface area contributed by atoms with Crippen LogP contribution in [0.1, 0.15) is 11.1 Å². The molecule has 2 aromatic rings. The van der Waals surface area contributed by atoms with Crippen LogP contribution in [-0.4, -0.2) is 21.3 Å². The Morgan fingerprint density at radius 2 is 2.32 bits per heavy atom. The monoisotopic (exact) mass is 296 g/mol. The molecule has 1 aromatic heterocycles. The standard InChI is InChI=1S/C12H9FN2O2S2/c13-10-4-8(1-2-11(16)17)3-9(5-10)6-18-12-15-14-7-19-12/h1-5,7H,6H2,(H,16,17). The molecule has 0 aliphatic rings. The number of carboxylic acid groups (broad SMARTS) is 1. The van der Waals surface area contributed by atoms with E-state index in [9.17, 15) is 9.18 Å². The number of carboxylic acids is 1. The average Bonchev–Trinajstić information content (AvgIpc) is 2.86. The Labute approximate surface area is 117 Å². The molecular weight excluding hydrogens is 287 g/mol. The number of aliphatic carboxylic acids is 1. The van der Waals surface area contributed by atoms with Gasteiger partial charge in [0.2, 0.25) is 0 Å². The van der Waals surface area contributed by atoms with Crippen LogP contribution in [-0.2, 0) is 10.5 Å². The third-order valence-corrected chi connectivity index (χ3v) is 4.03. The average molecular weight is 296 g/mol. The predicted molar refractivity (Wildman–Crippen MR) is 72.5 cm³/mol. The highest BCUT2D eigenvalue weighted by molar-refractivity contribution is 8.00. The van der Waals surface area contributed by atoms with Crippen LogP contribution < -0.4 is 0 Å². The lowest BCUT2D eigenvalue weighted by molar-refractivity contribution is -0.131. The first-order chi connectivity index (χ1) is 9.13. The van der Waals surface area contributed by atoms with Gasteiger partial charge in [-0.2, -0.15) is 0 Å². The van der Waals surface area contributed by atoms with E-state index in [-0.39, 0.29) is 5.82 Å². The van der Waals surface area contributed by atoms with E-state index < -0.39 is 5.97 Å². The molecule has 0 unspecified atom stereocenters. The lowest BCUT2D eigenvalue weighted by atomic mass is 10.1. The molecule has 0 amide bonds. The Morgan fingerprint density at radius 3 is 3.00 bits per heavy atom. The fraction of sp³-hybridized carbons (Fsp3) is 0.0833. The van der Waals surface area contributed by atoms with E-state index in [0.29, 0.717) is 11.3 Å². The first kappa shape index (κ1) is 13.7. The molecule has 0 saturated heterocycles. The van der Waals surface area contributed by atoms with Crippen LogP contribution in [0.4, 0.5) is 4.39 Å². The number of hydrogen-bond acceptors (Lipinski definition) is 5. The summed E-state index contributed by atoms with van der Waals surface area (Å²) < 4.78 is 14.2. The van der Waals surface area contributed by atoms with Gasteiger partial charge in [-0.3, -0.25) is 0 Å². The van der Waals surface area contributed by atoms with Gasteiger partial charge in [-0.25, -0.2) is 9.18 Å². The van der Waals surface area contributed by atoms with Crippen molar-refractivity contribution in [1.29, 1.82) is 0 Å². The van der Waals surface area contributed by atoms with Crippen molar-refractivity contribution in [3.63, 3.8) is 0 Å². The third kappa shape index (κ3) is 4.46. The minimum absolute atomic E-state index is 0.389. The molecular formula is C12H9FN2O2S2. The Morgan fingerprint density at radius 1 is 1.47 bits per heavy atom. The summed E-state index contributed by atoms with van der Waals surface area (Å²) in [5.41, 5.74) is 2.93. The van der Waals surface area contributed by atoms with Crippen molar-refractivity contribution in [3.05, 3.63) is 46.7 Å². The van der Waals surface area contributed by atoms with Gasteiger partial charge in [-0.1, -0.05) is 29.2 Å². The molecule has 1 aromatic carbocycles. The molecule has 0 fully saturated rings. The number of hydrogen-bond donors (Lipinski definition) is 1. The molecule has 1 N–H and O–H groups in total. The van der Waals surface area contributed by atoms with E-state index in [1.165, 1.54) is 41.3 Å². The summed E-state index contributed by atoms with van der Waals surface area (Å²) in [6.07, 6.45) is 2.35. The Kier molecular flexibility index (Phi) is 4.64. The van der Waals surface area contributed by atoms with Crippen LogP contribution in [0.3, 0.4) is 0 Å². The Bertz CT molecular complexity index is 600. The summed E-state index contributed by atoms with van der Waals surface area (Å²) in [7, 11) is 0. The van der Waals surface area contributed by atoms with Crippen molar-refractivity contribution >= 4 is 35.1 Å². The van der Waals surface area contributed by atoms with Gasteiger partial charge >= 0.3 is 5.97 Å². The zero-order chi connectivity index (χ0) is 13.7. The summed E-state index contributed by atoms with van der Waals surface area (Å²) in [5.74, 6) is -0.893. The largest absolute Gasteiger partial charge is 0.478 e. The number of nitrogens with zero attached hydrogens (tertiary/aromatic N) is 2. The maximum absolute atomic E-state index is 13.4. The van der Waals surface area contributed by atoms with Gasteiger partial charge in [0.05, 0.1) is 0 Å². The van der Waals surface area contributed by atoms with Crippen LogP contribution in [0.15, 0.2) is 34.1 Å². The normalized spacial score (nSPS) is 11.0. The van der Waals surface area contributed by atoms with E-state index in [1.54, 1.807) is 11.6 Å². The van der Waals surface area contributed by atoms with Gasteiger partial charge < -0.3 is 5.11 Å². The number of halogens is 1. The fourth-order valence-corrected chi connectivity index (χ4v) is 2.81. The van der Waals surface area contributed by atoms with E-state index in [0.717, 1.165) is 16.0 Å². The summed E-state index contributed by atoms with van der Waals surface area (Å²) in [4.78, 5) is 10.4. The highest BCUT2D eigenvalue weighted by Gasteiger charge is 2.03. The molecule has 2 rings (SSSR count). The lowest BCUT2D eigenvalue weighted by Crippen LogP contribution is -1.89. The topological polar surface area (TPSA) is 63.1 Å². The fourth-order valence-electron chi connectivity index (χ4n) is 1.39. The van der Waals surface area contributed by atoms with Gasteiger partial charge in [0, 0.05) is 11.8 Å². The van der Waals surface area contributed by atoms with Crippen LogP contribution in [0.25, 0.3) is 6.08 Å². The molecule has 0 spiro atoms. The van der Waals surface area contributed by atoms with Crippen LogP contribution >= 0.6 is 23.1 Å². The van der Waals surface area contributed by atoms with Crippen LogP contribution in [0.2, 0.25) is 0 Å². The quantitative estimate of drug-likeness (QED) is 0.678. The van der Waals surface area contributed by atoms with E-state index in [2.05, 4.69) is 10.2 Å². The van der Waals surface area contributed by atoms with Crippen molar-refractivity contribution in [2.45, 2.75) is 10.1 Å². The van der Waals surface area contributed by atoms with Gasteiger partial charge in [-0.05, 0) is 29.3 Å². The second kappa shape index (κ2) is 6.44. The summed E-state index contributed by atoms with van der Waals surface area (Å²) in [6, 6.07) is 4.46. The molecule has 0 aliphatic carbocycles. The summed E-state index contributed by atoms with van der Waals surface area (Å²) >= 11 is 2.88. The van der Waals surface area contributed by atoms with Crippen molar-refractivity contribution in [1.82, 2.24) is 10.2 Å². The molecule has 98 valence electrons. The Hall–Kier alpha value is -1.73. The molecule has 0 radical (unpaired) electrons. The second-order valence-electron chi connectivity index (χ2n) is 3.56. The van der Waals surface area contributed by atoms with Gasteiger partial charge in [0.25, 0.3) is 0 Å². The maximum atomic E-state index is 13.4. The molecule has 0 bridgehead atoms. The highest BCUT2D eigenvalue weighted by Crippen LogP contribution is 2.24. The van der Waals surface area contributed by atoms with Crippen molar-refractivity contribution in [3.8, 4) is 0 Å². The predicted octanol–water partition coefficient (Wildman–Crippen LogP) is 3.07. The molecule has 0 aliphatic heterocycles. The first-order valence-corrected chi connectivity index (χ1v) is 7.09.